The predicted molar refractivity (Wildman–Crippen MR) is 39.8 cm³/mol. The Bertz CT molecular complexity index is 85.7. The van der Waals surface area contributed by atoms with E-state index in [1.54, 1.807) is 6.92 Å². The second-order valence-electron chi connectivity index (χ2n) is 2.72. The van der Waals surface area contributed by atoms with Gasteiger partial charge in [-0.1, -0.05) is 6.92 Å². The second-order valence-corrected chi connectivity index (χ2v) is 2.72. The van der Waals surface area contributed by atoms with Crippen LogP contribution in [0, 0.1) is 0 Å². The highest BCUT2D eigenvalue weighted by Gasteiger charge is 2.15. The molecule has 0 heterocycles. The molecule has 2 N–H and O–H groups in total. The van der Waals surface area contributed by atoms with Crippen LogP contribution in [-0.4, -0.2) is 30.5 Å². The zero-order chi connectivity index (χ0) is 8.04. The molecule has 0 saturated carbocycles. The van der Waals surface area contributed by atoms with Gasteiger partial charge >= 0.3 is 0 Å². The Morgan fingerprint density at radius 1 is 1.60 bits per heavy atom. The molecule has 0 aromatic carbocycles. The van der Waals surface area contributed by atoms with Crippen molar-refractivity contribution in [1.82, 2.24) is 5.32 Å². The number of halogens is 1. The Hall–Kier alpha value is -0.150. The molecule has 0 amide bonds. The lowest BCUT2D eigenvalue weighted by Crippen LogP contribution is -2.37. The van der Waals surface area contributed by atoms with Crippen molar-refractivity contribution in [2.45, 2.75) is 25.9 Å². The number of hydrogen-bond donors (Lipinski definition) is 2. The van der Waals surface area contributed by atoms with E-state index in [4.69, 9.17) is 0 Å². The van der Waals surface area contributed by atoms with Crippen LogP contribution in [0.1, 0.15) is 20.3 Å². The van der Waals surface area contributed by atoms with Gasteiger partial charge in [0.05, 0.1) is 5.60 Å². The summed E-state index contributed by atoms with van der Waals surface area (Å²) in [7, 11) is 0. The maximum atomic E-state index is 11.5. The zero-order valence-electron chi connectivity index (χ0n) is 6.65. The molecule has 0 bridgehead atoms. The van der Waals surface area contributed by atoms with Gasteiger partial charge in [0.2, 0.25) is 0 Å². The SMILES string of the molecule is CCC(C)(O)CNCCF. The fourth-order valence-electron chi connectivity index (χ4n) is 0.549. The zero-order valence-corrected chi connectivity index (χ0v) is 6.65. The molecule has 0 spiro atoms. The van der Waals surface area contributed by atoms with E-state index >= 15 is 0 Å². The van der Waals surface area contributed by atoms with Crippen molar-refractivity contribution in [2.24, 2.45) is 0 Å². The van der Waals surface area contributed by atoms with Gasteiger partial charge in [-0.05, 0) is 13.3 Å². The monoisotopic (exact) mass is 149 g/mol. The molecule has 0 rings (SSSR count). The molecule has 10 heavy (non-hydrogen) atoms. The number of aliphatic hydroxyl groups is 1. The number of alkyl halides is 1. The third-order valence-corrected chi connectivity index (χ3v) is 1.54. The molecule has 62 valence electrons. The molecule has 0 aromatic rings. The van der Waals surface area contributed by atoms with E-state index in [2.05, 4.69) is 5.32 Å². The molecule has 0 aromatic heterocycles. The highest BCUT2D eigenvalue weighted by molar-refractivity contribution is 4.72. The predicted octanol–water partition coefficient (Wildman–Crippen LogP) is 0.707. The molecule has 0 radical (unpaired) electrons. The molecule has 0 aliphatic rings. The van der Waals surface area contributed by atoms with Gasteiger partial charge in [0.1, 0.15) is 6.67 Å². The molecular formula is C7H16FNO. The van der Waals surface area contributed by atoms with Crippen LogP contribution in [0.15, 0.2) is 0 Å². The Kier molecular flexibility index (Phi) is 4.56. The minimum absolute atomic E-state index is 0.330. The van der Waals surface area contributed by atoms with Crippen LogP contribution >= 0.6 is 0 Å². The normalized spacial score (nSPS) is 16.8. The molecule has 0 fully saturated rings. The first-order chi connectivity index (χ1) is 4.62. The van der Waals surface area contributed by atoms with E-state index in [1.165, 1.54) is 0 Å². The Morgan fingerprint density at radius 3 is 2.60 bits per heavy atom. The lowest BCUT2D eigenvalue weighted by Gasteiger charge is -2.20. The molecule has 0 aliphatic heterocycles. The number of rotatable bonds is 5. The quantitative estimate of drug-likeness (QED) is 0.564. The highest BCUT2D eigenvalue weighted by Crippen LogP contribution is 2.05. The van der Waals surface area contributed by atoms with E-state index in [0.29, 0.717) is 19.5 Å². The highest BCUT2D eigenvalue weighted by atomic mass is 19.1. The van der Waals surface area contributed by atoms with E-state index < -0.39 is 5.60 Å². The molecule has 1 atom stereocenters. The van der Waals surface area contributed by atoms with Crippen LogP contribution in [0.3, 0.4) is 0 Å². The van der Waals surface area contributed by atoms with Crippen LogP contribution < -0.4 is 5.32 Å². The van der Waals surface area contributed by atoms with Gasteiger partial charge in [-0.25, -0.2) is 4.39 Å². The average Bonchev–Trinajstić information content (AvgIpc) is 1.89. The lowest BCUT2D eigenvalue weighted by atomic mass is 10.0. The van der Waals surface area contributed by atoms with Gasteiger partial charge in [0.15, 0.2) is 0 Å². The third-order valence-electron chi connectivity index (χ3n) is 1.54. The molecule has 3 heteroatoms. The first kappa shape index (κ1) is 9.85. The summed E-state index contributed by atoms with van der Waals surface area (Å²) in [5.74, 6) is 0. The second kappa shape index (κ2) is 4.63. The summed E-state index contributed by atoms with van der Waals surface area (Å²) in [6.45, 7) is 4.05. The Morgan fingerprint density at radius 2 is 2.20 bits per heavy atom. The summed E-state index contributed by atoms with van der Waals surface area (Å²) in [5.41, 5.74) is -0.685. The van der Waals surface area contributed by atoms with Crippen LogP contribution in [0.4, 0.5) is 4.39 Å². The van der Waals surface area contributed by atoms with Crippen molar-refractivity contribution in [3.05, 3.63) is 0 Å². The van der Waals surface area contributed by atoms with Crippen molar-refractivity contribution in [2.75, 3.05) is 19.8 Å². The van der Waals surface area contributed by atoms with Crippen molar-refractivity contribution < 1.29 is 9.50 Å². The van der Waals surface area contributed by atoms with Crippen molar-refractivity contribution in [3.63, 3.8) is 0 Å². The van der Waals surface area contributed by atoms with E-state index in [9.17, 15) is 9.50 Å². The van der Waals surface area contributed by atoms with E-state index in [-0.39, 0.29) is 6.67 Å². The maximum absolute atomic E-state index is 11.5. The minimum Gasteiger partial charge on any atom is -0.389 e. The average molecular weight is 149 g/mol. The summed E-state index contributed by atoms with van der Waals surface area (Å²) in [5, 5.41) is 12.2. The number of nitrogens with one attached hydrogen (secondary N) is 1. The van der Waals surface area contributed by atoms with Crippen LogP contribution in [-0.2, 0) is 0 Å². The Balaban J connectivity index is 3.28. The van der Waals surface area contributed by atoms with E-state index in [1.807, 2.05) is 6.92 Å². The lowest BCUT2D eigenvalue weighted by molar-refractivity contribution is 0.0557. The first-order valence-electron chi connectivity index (χ1n) is 3.61. The first-order valence-corrected chi connectivity index (χ1v) is 3.61. The largest absolute Gasteiger partial charge is 0.389 e. The van der Waals surface area contributed by atoms with Crippen LogP contribution in [0.5, 0.6) is 0 Å². The van der Waals surface area contributed by atoms with Gasteiger partial charge in [0, 0.05) is 13.1 Å². The van der Waals surface area contributed by atoms with Crippen molar-refractivity contribution >= 4 is 0 Å². The molecular weight excluding hydrogens is 133 g/mol. The fraction of sp³-hybridized carbons (Fsp3) is 1.00. The fourth-order valence-corrected chi connectivity index (χ4v) is 0.549. The topological polar surface area (TPSA) is 32.3 Å². The summed E-state index contributed by atoms with van der Waals surface area (Å²) < 4.78 is 11.5. The molecule has 1 unspecified atom stereocenters. The summed E-state index contributed by atoms with van der Waals surface area (Å²) in [6.07, 6.45) is 0.687. The van der Waals surface area contributed by atoms with Crippen molar-refractivity contribution in [3.8, 4) is 0 Å². The van der Waals surface area contributed by atoms with Crippen LogP contribution in [0.2, 0.25) is 0 Å². The molecule has 0 saturated heterocycles. The smallest absolute Gasteiger partial charge is 0.102 e. The Labute approximate surface area is 61.4 Å². The van der Waals surface area contributed by atoms with Gasteiger partial charge in [-0.2, -0.15) is 0 Å². The third kappa shape index (κ3) is 4.70. The van der Waals surface area contributed by atoms with Gasteiger partial charge in [-0.15, -0.1) is 0 Å². The van der Waals surface area contributed by atoms with Gasteiger partial charge < -0.3 is 10.4 Å². The summed E-state index contributed by atoms with van der Waals surface area (Å²) in [6, 6.07) is 0. The summed E-state index contributed by atoms with van der Waals surface area (Å²) in [4.78, 5) is 0. The minimum atomic E-state index is -0.685. The van der Waals surface area contributed by atoms with Gasteiger partial charge in [-0.3, -0.25) is 0 Å². The van der Waals surface area contributed by atoms with E-state index in [0.717, 1.165) is 0 Å². The molecule has 2 nitrogen and oxygen atoms in total. The standard InChI is InChI=1S/C7H16FNO/c1-3-7(2,10)6-9-5-4-8/h9-10H,3-6H2,1-2H3. The van der Waals surface area contributed by atoms with Crippen LogP contribution in [0.25, 0.3) is 0 Å². The summed E-state index contributed by atoms with van der Waals surface area (Å²) >= 11 is 0. The van der Waals surface area contributed by atoms with Gasteiger partial charge in [0.25, 0.3) is 0 Å². The maximum Gasteiger partial charge on any atom is 0.102 e. The molecule has 0 aliphatic carbocycles. The van der Waals surface area contributed by atoms with Crippen molar-refractivity contribution in [1.29, 1.82) is 0 Å². The number of hydrogen-bond acceptors (Lipinski definition) is 2.